The van der Waals surface area contributed by atoms with Gasteiger partial charge in [-0.1, -0.05) is 37.3 Å². The summed E-state index contributed by atoms with van der Waals surface area (Å²) in [5.74, 6) is 0. The normalized spacial score (nSPS) is 18.9. The van der Waals surface area contributed by atoms with Gasteiger partial charge in [0.15, 0.2) is 0 Å². The monoisotopic (exact) mass is 382 g/mol. The third-order valence-electron chi connectivity index (χ3n) is 5.72. The highest BCUT2D eigenvalue weighted by Crippen LogP contribution is 2.35. The lowest BCUT2D eigenvalue weighted by atomic mass is 10.0. The summed E-state index contributed by atoms with van der Waals surface area (Å²) in [5.41, 5.74) is 4.82. The van der Waals surface area contributed by atoms with E-state index < -0.39 is 0 Å². The Hall–Kier alpha value is -2.34. The summed E-state index contributed by atoms with van der Waals surface area (Å²) in [5, 5.41) is 8.05. The van der Waals surface area contributed by atoms with Crippen molar-refractivity contribution >= 4 is 6.03 Å². The summed E-state index contributed by atoms with van der Waals surface area (Å²) in [6.07, 6.45) is 4.81. The summed E-state index contributed by atoms with van der Waals surface area (Å²) >= 11 is 0. The van der Waals surface area contributed by atoms with Crippen molar-refractivity contribution in [3.8, 4) is 0 Å². The Bertz CT molecular complexity index is 802. The number of carbonyl (C=O) groups is 1. The first-order chi connectivity index (χ1) is 13.8. The molecule has 3 heterocycles. The molecule has 0 radical (unpaired) electrons. The smallest absolute Gasteiger partial charge is 0.317 e. The lowest BCUT2D eigenvalue weighted by Gasteiger charge is -2.25. The van der Waals surface area contributed by atoms with Gasteiger partial charge in [0.25, 0.3) is 0 Å². The van der Waals surface area contributed by atoms with Crippen molar-refractivity contribution in [2.75, 3.05) is 19.7 Å². The first-order valence-electron chi connectivity index (χ1n) is 10.5. The highest BCUT2D eigenvalue weighted by atomic mass is 16.5. The zero-order chi connectivity index (χ0) is 19.3. The van der Waals surface area contributed by atoms with Gasteiger partial charge >= 0.3 is 6.03 Å². The summed E-state index contributed by atoms with van der Waals surface area (Å²) in [6.45, 7) is 5.92. The number of aromatic nitrogens is 2. The molecule has 1 atom stereocenters. The second kappa shape index (κ2) is 8.78. The van der Waals surface area contributed by atoms with E-state index in [2.05, 4.69) is 29.1 Å². The van der Waals surface area contributed by atoms with Crippen molar-refractivity contribution in [3.63, 3.8) is 0 Å². The van der Waals surface area contributed by atoms with E-state index in [0.29, 0.717) is 13.2 Å². The molecule has 2 aliphatic heterocycles. The number of hydrogen-bond donors (Lipinski definition) is 1. The van der Waals surface area contributed by atoms with Gasteiger partial charge in [-0.2, -0.15) is 5.10 Å². The van der Waals surface area contributed by atoms with E-state index in [1.165, 1.54) is 16.8 Å². The van der Waals surface area contributed by atoms with Crippen LogP contribution >= 0.6 is 0 Å². The fraction of sp³-hybridized carbons (Fsp3) is 0.545. The largest absolute Gasteiger partial charge is 0.376 e. The zero-order valence-corrected chi connectivity index (χ0v) is 16.7. The van der Waals surface area contributed by atoms with E-state index in [4.69, 9.17) is 9.84 Å². The van der Waals surface area contributed by atoms with E-state index in [0.717, 1.165) is 57.5 Å². The second-order valence-electron chi connectivity index (χ2n) is 7.66. The molecule has 0 spiro atoms. The Morgan fingerprint density at radius 1 is 1.32 bits per heavy atom. The van der Waals surface area contributed by atoms with Gasteiger partial charge in [-0.3, -0.25) is 4.68 Å². The maximum Gasteiger partial charge on any atom is 0.317 e. The lowest BCUT2D eigenvalue weighted by Crippen LogP contribution is -2.40. The van der Waals surface area contributed by atoms with Crippen LogP contribution in [-0.4, -0.2) is 40.4 Å². The fourth-order valence-corrected chi connectivity index (χ4v) is 4.35. The molecule has 28 heavy (non-hydrogen) atoms. The van der Waals surface area contributed by atoms with Crippen molar-refractivity contribution in [3.05, 3.63) is 52.8 Å². The Balaban J connectivity index is 1.45. The highest BCUT2D eigenvalue weighted by molar-refractivity contribution is 5.75. The van der Waals surface area contributed by atoms with Crippen LogP contribution < -0.4 is 5.32 Å². The van der Waals surface area contributed by atoms with E-state index in [9.17, 15) is 4.79 Å². The molecule has 6 nitrogen and oxygen atoms in total. The molecule has 2 aromatic rings. The van der Waals surface area contributed by atoms with Gasteiger partial charge in [-0.05, 0) is 31.2 Å². The molecule has 6 heteroatoms. The second-order valence-corrected chi connectivity index (χ2v) is 7.66. The summed E-state index contributed by atoms with van der Waals surface area (Å²) in [7, 11) is 0. The van der Waals surface area contributed by atoms with Gasteiger partial charge in [0.05, 0.1) is 24.9 Å². The van der Waals surface area contributed by atoms with Crippen LogP contribution in [0.5, 0.6) is 0 Å². The van der Waals surface area contributed by atoms with E-state index in [1.54, 1.807) is 0 Å². The van der Waals surface area contributed by atoms with Crippen molar-refractivity contribution in [2.45, 2.75) is 58.2 Å². The number of nitrogens with zero attached hydrogens (tertiary/aromatic N) is 3. The Morgan fingerprint density at radius 2 is 2.18 bits per heavy atom. The van der Waals surface area contributed by atoms with Crippen LogP contribution in [0.4, 0.5) is 4.79 Å². The molecule has 4 rings (SSSR count). The SMILES string of the molecule is CCCn1nc(C2CCCN2C(=O)NCCc2ccccc2)c2c1CCOC2. The number of hydrogen-bond acceptors (Lipinski definition) is 3. The van der Waals surface area contributed by atoms with Crippen molar-refractivity contribution in [1.82, 2.24) is 20.0 Å². The molecule has 150 valence electrons. The topological polar surface area (TPSA) is 59.4 Å². The predicted molar refractivity (Wildman–Crippen MR) is 108 cm³/mol. The molecule has 1 aromatic heterocycles. The van der Waals surface area contributed by atoms with Gasteiger partial charge < -0.3 is 15.0 Å². The number of carbonyl (C=O) groups excluding carboxylic acids is 1. The average molecular weight is 383 g/mol. The first kappa shape index (κ1) is 19.0. The maximum absolute atomic E-state index is 12.9. The summed E-state index contributed by atoms with van der Waals surface area (Å²) in [4.78, 5) is 14.8. The third kappa shape index (κ3) is 3.92. The summed E-state index contributed by atoms with van der Waals surface area (Å²) < 4.78 is 7.87. The van der Waals surface area contributed by atoms with Gasteiger partial charge in [0.2, 0.25) is 0 Å². The number of benzene rings is 1. The number of fused-ring (bicyclic) bond motifs is 1. The maximum atomic E-state index is 12.9. The average Bonchev–Trinajstić information content (AvgIpc) is 3.34. The zero-order valence-electron chi connectivity index (χ0n) is 16.7. The van der Waals surface area contributed by atoms with Crippen LogP contribution in [0.15, 0.2) is 30.3 Å². The first-order valence-corrected chi connectivity index (χ1v) is 10.5. The molecule has 1 saturated heterocycles. The van der Waals surface area contributed by atoms with E-state index in [1.807, 2.05) is 23.1 Å². The van der Waals surface area contributed by atoms with Gasteiger partial charge in [-0.25, -0.2) is 4.79 Å². The van der Waals surface area contributed by atoms with E-state index in [-0.39, 0.29) is 12.1 Å². The quantitative estimate of drug-likeness (QED) is 0.832. The highest BCUT2D eigenvalue weighted by Gasteiger charge is 2.35. The van der Waals surface area contributed by atoms with Crippen LogP contribution in [0.3, 0.4) is 0 Å². The van der Waals surface area contributed by atoms with Crippen molar-refractivity contribution in [2.24, 2.45) is 0 Å². The molecule has 2 aliphatic rings. The Morgan fingerprint density at radius 3 is 3.00 bits per heavy atom. The minimum atomic E-state index is 0.0222. The van der Waals surface area contributed by atoms with Crippen LogP contribution in [0.2, 0.25) is 0 Å². The summed E-state index contributed by atoms with van der Waals surface area (Å²) in [6, 6.07) is 10.4. The Labute approximate surface area is 166 Å². The standard InChI is InChI=1S/C22H30N4O2/c1-2-13-26-19-11-15-28-16-18(19)21(24-26)20-9-6-14-25(20)22(27)23-12-10-17-7-4-3-5-8-17/h3-5,7-8,20H,2,6,9-16H2,1H3,(H,23,27). The predicted octanol–water partition coefficient (Wildman–Crippen LogP) is 3.46. The number of likely N-dealkylation sites (tertiary alicyclic amines) is 1. The third-order valence-corrected chi connectivity index (χ3v) is 5.72. The molecule has 1 N–H and O–H groups in total. The number of urea groups is 1. The van der Waals surface area contributed by atoms with Crippen LogP contribution in [-0.2, 0) is 30.7 Å². The molecule has 1 aromatic carbocycles. The van der Waals surface area contributed by atoms with Crippen LogP contribution in [0, 0.1) is 0 Å². The minimum absolute atomic E-state index is 0.0222. The molecule has 0 saturated carbocycles. The molecule has 0 aliphatic carbocycles. The van der Waals surface area contributed by atoms with Gasteiger partial charge in [-0.15, -0.1) is 0 Å². The van der Waals surface area contributed by atoms with Gasteiger partial charge in [0.1, 0.15) is 0 Å². The van der Waals surface area contributed by atoms with Crippen molar-refractivity contribution < 1.29 is 9.53 Å². The fourth-order valence-electron chi connectivity index (χ4n) is 4.35. The van der Waals surface area contributed by atoms with Crippen LogP contribution in [0.25, 0.3) is 0 Å². The molecular formula is C22H30N4O2. The molecule has 0 bridgehead atoms. The molecular weight excluding hydrogens is 352 g/mol. The molecule has 1 unspecified atom stereocenters. The molecule has 2 amide bonds. The van der Waals surface area contributed by atoms with Crippen molar-refractivity contribution in [1.29, 1.82) is 0 Å². The number of nitrogens with one attached hydrogen (secondary N) is 1. The Kier molecular flexibility index (Phi) is 5.95. The number of rotatable bonds is 6. The number of ether oxygens (including phenoxy) is 1. The molecule has 1 fully saturated rings. The minimum Gasteiger partial charge on any atom is -0.376 e. The lowest BCUT2D eigenvalue weighted by molar-refractivity contribution is 0.107. The number of aryl methyl sites for hydroxylation is 1. The number of amides is 2. The van der Waals surface area contributed by atoms with Crippen LogP contribution in [0.1, 0.15) is 54.7 Å². The van der Waals surface area contributed by atoms with Gasteiger partial charge in [0, 0.05) is 37.3 Å². The van der Waals surface area contributed by atoms with E-state index >= 15 is 0 Å².